The van der Waals surface area contributed by atoms with E-state index in [1.807, 2.05) is 0 Å². The van der Waals surface area contributed by atoms with E-state index in [0.717, 1.165) is 11.1 Å². The Hall–Kier alpha value is -3.69. The molecule has 2 heterocycles. The molecule has 1 atom stereocenters. The molecule has 0 aliphatic carbocycles. The number of aromatic amines is 1. The standard InChI is InChI=1S/C22H20F3N3O4/c1-30-17-5-3-4-13(20(17)22(23,24)25)11-32-16-7-6-12(8-18(16)31-2)14-9-19(29)27-21-15(14)10-26-28-21/h3-8,10,14H,9,11H2,1-2H3,(H2,26,27,28,29). The van der Waals surface area contributed by atoms with Crippen molar-refractivity contribution in [1.82, 2.24) is 10.2 Å². The van der Waals surface area contributed by atoms with Gasteiger partial charge in [-0.2, -0.15) is 18.3 Å². The van der Waals surface area contributed by atoms with Crippen LogP contribution >= 0.6 is 0 Å². The third-order valence-corrected chi connectivity index (χ3v) is 5.28. The van der Waals surface area contributed by atoms with Crippen molar-refractivity contribution in [2.45, 2.75) is 25.1 Å². The molecule has 1 aromatic heterocycles. The Morgan fingerprint density at radius 2 is 1.88 bits per heavy atom. The van der Waals surface area contributed by atoms with E-state index < -0.39 is 11.7 Å². The van der Waals surface area contributed by atoms with E-state index in [-0.39, 0.29) is 41.9 Å². The third kappa shape index (κ3) is 4.08. The molecule has 0 saturated carbocycles. The first-order valence-electron chi connectivity index (χ1n) is 9.69. The Balaban J connectivity index is 1.61. The van der Waals surface area contributed by atoms with E-state index >= 15 is 0 Å². The quantitative estimate of drug-likeness (QED) is 0.581. The molecule has 3 aromatic rings. The number of rotatable bonds is 6. The summed E-state index contributed by atoms with van der Waals surface area (Å²) >= 11 is 0. The second-order valence-electron chi connectivity index (χ2n) is 7.19. The molecule has 168 valence electrons. The van der Waals surface area contributed by atoms with Crippen LogP contribution in [0.1, 0.15) is 34.6 Å². The van der Waals surface area contributed by atoms with Crippen LogP contribution < -0.4 is 19.5 Å². The van der Waals surface area contributed by atoms with Gasteiger partial charge in [0.05, 0.1) is 14.2 Å². The summed E-state index contributed by atoms with van der Waals surface area (Å²) < 4.78 is 56.6. The van der Waals surface area contributed by atoms with Gasteiger partial charge in [0.1, 0.15) is 17.9 Å². The van der Waals surface area contributed by atoms with Crippen LogP contribution in [0.5, 0.6) is 17.2 Å². The lowest BCUT2D eigenvalue weighted by Crippen LogP contribution is -2.23. The molecule has 0 radical (unpaired) electrons. The van der Waals surface area contributed by atoms with Crippen molar-refractivity contribution in [3.05, 3.63) is 64.8 Å². The Bertz CT molecular complexity index is 1140. The lowest BCUT2D eigenvalue weighted by Gasteiger charge is -2.23. The minimum Gasteiger partial charge on any atom is -0.496 e. The van der Waals surface area contributed by atoms with E-state index in [1.165, 1.54) is 32.4 Å². The zero-order valence-corrected chi connectivity index (χ0v) is 17.2. The number of alkyl halides is 3. The van der Waals surface area contributed by atoms with Crippen LogP contribution in [0.15, 0.2) is 42.6 Å². The second-order valence-corrected chi connectivity index (χ2v) is 7.19. The van der Waals surface area contributed by atoms with Gasteiger partial charge >= 0.3 is 6.18 Å². The molecule has 1 aliphatic rings. The average Bonchev–Trinajstić information content (AvgIpc) is 3.24. The van der Waals surface area contributed by atoms with Crippen LogP contribution in [0.4, 0.5) is 19.0 Å². The van der Waals surface area contributed by atoms with Gasteiger partial charge in [-0.1, -0.05) is 18.2 Å². The molecular formula is C22H20F3N3O4. The van der Waals surface area contributed by atoms with Gasteiger partial charge in [0, 0.05) is 29.7 Å². The first-order valence-corrected chi connectivity index (χ1v) is 9.69. The van der Waals surface area contributed by atoms with Gasteiger partial charge in [-0.15, -0.1) is 0 Å². The lowest BCUT2D eigenvalue weighted by molar-refractivity contribution is -0.139. The van der Waals surface area contributed by atoms with Crippen LogP contribution in [0.25, 0.3) is 0 Å². The molecule has 2 N–H and O–H groups in total. The molecule has 32 heavy (non-hydrogen) atoms. The maximum atomic E-state index is 13.6. The summed E-state index contributed by atoms with van der Waals surface area (Å²) in [7, 11) is 2.63. The van der Waals surface area contributed by atoms with Crippen molar-refractivity contribution in [1.29, 1.82) is 0 Å². The van der Waals surface area contributed by atoms with Crippen molar-refractivity contribution >= 4 is 11.7 Å². The number of methoxy groups -OCH3 is 2. The Kier molecular flexibility index (Phi) is 5.68. The molecular weight excluding hydrogens is 427 g/mol. The predicted molar refractivity (Wildman–Crippen MR) is 109 cm³/mol. The zero-order valence-electron chi connectivity index (χ0n) is 17.2. The maximum Gasteiger partial charge on any atom is 0.420 e. The van der Waals surface area contributed by atoms with Crippen molar-refractivity contribution in [3.63, 3.8) is 0 Å². The number of halogens is 3. The lowest BCUT2D eigenvalue weighted by atomic mass is 9.87. The monoisotopic (exact) mass is 447 g/mol. The molecule has 7 nitrogen and oxygen atoms in total. The molecule has 0 fully saturated rings. The van der Waals surface area contributed by atoms with Crippen molar-refractivity contribution in [2.24, 2.45) is 0 Å². The fourth-order valence-electron chi connectivity index (χ4n) is 3.81. The van der Waals surface area contributed by atoms with Crippen molar-refractivity contribution in [3.8, 4) is 17.2 Å². The van der Waals surface area contributed by atoms with E-state index in [0.29, 0.717) is 11.6 Å². The Labute approximate surface area is 181 Å². The highest BCUT2D eigenvalue weighted by molar-refractivity contribution is 5.94. The number of carbonyl (C=O) groups excluding carboxylic acids is 1. The first-order chi connectivity index (χ1) is 15.3. The zero-order chi connectivity index (χ0) is 22.9. The highest BCUT2D eigenvalue weighted by Crippen LogP contribution is 2.41. The van der Waals surface area contributed by atoms with Gasteiger partial charge in [-0.25, -0.2) is 0 Å². The molecule has 10 heteroatoms. The van der Waals surface area contributed by atoms with Crippen LogP contribution in [0.2, 0.25) is 0 Å². The number of nitrogens with zero attached hydrogens (tertiary/aromatic N) is 1. The number of amides is 1. The van der Waals surface area contributed by atoms with Gasteiger partial charge in [-0.3, -0.25) is 9.89 Å². The topological polar surface area (TPSA) is 85.5 Å². The number of carbonyl (C=O) groups is 1. The van der Waals surface area contributed by atoms with E-state index in [9.17, 15) is 18.0 Å². The van der Waals surface area contributed by atoms with Gasteiger partial charge in [0.25, 0.3) is 0 Å². The van der Waals surface area contributed by atoms with Crippen molar-refractivity contribution in [2.75, 3.05) is 19.5 Å². The molecule has 2 aromatic carbocycles. The fourth-order valence-corrected chi connectivity index (χ4v) is 3.81. The molecule has 1 aliphatic heterocycles. The Morgan fingerprint density at radius 1 is 1.09 bits per heavy atom. The molecule has 4 rings (SSSR count). The normalized spacial score (nSPS) is 15.7. The summed E-state index contributed by atoms with van der Waals surface area (Å²) in [5.74, 6) is 0.424. The van der Waals surface area contributed by atoms with Crippen molar-refractivity contribution < 1.29 is 32.2 Å². The summed E-state index contributed by atoms with van der Waals surface area (Å²) in [6, 6.07) is 9.16. The number of aromatic nitrogens is 2. The number of nitrogens with one attached hydrogen (secondary N) is 2. The van der Waals surface area contributed by atoms with Crippen LogP contribution in [-0.2, 0) is 17.6 Å². The number of hydrogen-bond donors (Lipinski definition) is 2. The molecule has 0 bridgehead atoms. The molecule has 1 unspecified atom stereocenters. The Morgan fingerprint density at radius 3 is 2.59 bits per heavy atom. The molecule has 0 spiro atoms. The number of H-pyrrole nitrogens is 1. The third-order valence-electron chi connectivity index (χ3n) is 5.28. The summed E-state index contributed by atoms with van der Waals surface area (Å²) in [4.78, 5) is 12.0. The molecule has 0 saturated heterocycles. The molecule has 1 amide bonds. The SMILES string of the molecule is COc1cc(C2CC(=O)Nc3n[nH]cc32)ccc1OCc1cccc(OC)c1C(F)(F)F. The second kappa shape index (κ2) is 8.45. The maximum absolute atomic E-state index is 13.6. The van der Waals surface area contributed by atoms with E-state index in [2.05, 4.69) is 15.5 Å². The fraction of sp³-hybridized carbons (Fsp3) is 0.273. The number of hydrogen-bond acceptors (Lipinski definition) is 5. The largest absolute Gasteiger partial charge is 0.496 e. The van der Waals surface area contributed by atoms with Crippen LogP contribution in [0.3, 0.4) is 0 Å². The number of benzene rings is 2. The summed E-state index contributed by atoms with van der Waals surface area (Å²) in [5.41, 5.74) is 0.698. The summed E-state index contributed by atoms with van der Waals surface area (Å²) in [6.45, 7) is -0.334. The van der Waals surface area contributed by atoms with Gasteiger partial charge < -0.3 is 19.5 Å². The van der Waals surface area contributed by atoms with E-state index in [1.54, 1.807) is 24.4 Å². The predicted octanol–water partition coefficient (Wildman–Crippen LogP) is 4.50. The van der Waals surface area contributed by atoms with Crippen LogP contribution in [0, 0.1) is 0 Å². The first kappa shape index (κ1) is 21.5. The van der Waals surface area contributed by atoms with Gasteiger partial charge in [0.15, 0.2) is 17.3 Å². The number of anilines is 1. The minimum absolute atomic E-state index is 0.0602. The van der Waals surface area contributed by atoms with Crippen LogP contribution in [-0.4, -0.2) is 30.3 Å². The van der Waals surface area contributed by atoms with Gasteiger partial charge in [0.2, 0.25) is 5.91 Å². The van der Waals surface area contributed by atoms with Gasteiger partial charge in [-0.05, 0) is 23.8 Å². The average molecular weight is 447 g/mol. The minimum atomic E-state index is -4.59. The highest BCUT2D eigenvalue weighted by Gasteiger charge is 2.37. The summed E-state index contributed by atoms with van der Waals surface area (Å²) in [5, 5.41) is 9.48. The number of ether oxygens (including phenoxy) is 3. The number of fused-ring (bicyclic) bond motifs is 1. The smallest absolute Gasteiger partial charge is 0.420 e. The van der Waals surface area contributed by atoms with E-state index in [4.69, 9.17) is 14.2 Å². The highest BCUT2D eigenvalue weighted by atomic mass is 19.4. The summed E-state index contributed by atoms with van der Waals surface area (Å²) in [6.07, 6.45) is -2.64.